The maximum absolute atomic E-state index is 11.7. The molecule has 0 amide bonds. The SMILES string of the molecule is CCc1cc(C)c(OCc2c(CC)cccc2SC(=O)OC)cc1C. The molecule has 0 saturated heterocycles. The van der Waals surface area contributed by atoms with Gasteiger partial charge in [-0.1, -0.05) is 32.0 Å². The fraction of sp³-hybridized carbons (Fsp3) is 0.381. The zero-order chi connectivity index (χ0) is 18.4. The van der Waals surface area contributed by atoms with Crippen LogP contribution in [-0.2, 0) is 24.2 Å². The van der Waals surface area contributed by atoms with E-state index >= 15 is 0 Å². The molecule has 25 heavy (non-hydrogen) atoms. The highest BCUT2D eigenvalue weighted by Crippen LogP contribution is 2.30. The number of rotatable bonds is 6. The normalized spacial score (nSPS) is 10.6. The molecule has 0 spiro atoms. The molecule has 2 rings (SSSR count). The Morgan fingerprint density at radius 3 is 2.40 bits per heavy atom. The molecule has 4 heteroatoms. The van der Waals surface area contributed by atoms with Crippen LogP contribution in [0.1, 0.15) is 41.7 Å². The molecule has 0 atom stereocenters. The van der Waals surface area contributed by atoms with Gasteiger partial charge < -0.3 is 9.47 Å². The Morgan fingerprint density at radius 2 is 1.76 bits per heavy atom. The zero-order valence-corrected chi connectivity index (χ0v) is 16.5. The average Bonchev–Trinajstić information content (AvgIpc) is 2.62. The average molecular weight is 359 g/mol. The second-order valence-corrected chi connectivity index (χ2v) is 6.97. The van der Waals surface area contributed by atoms with E-state index in [1.165, 1.54) is 23.8 Å². The molecule has 2 aromatic carbocycles. The van der Waals surface area contributed by atoms with E-state index in [4.69, 9.17) is 9.47 Å². The lowest BCUT2D eigenvalue weighted by atomic mass is 10.0. The lowest BCUT2D eigenvalue weighted by Gasteiger charge is -2.16. The third-order valence-electron chi connectivity index (χ3n) is 4.36. The largest absolute Gasteiger partial charge is 0.489 e. The van der Waals surface area contributed by atoms with Crippen molar-refractivity contribution >= 4 is 17.1 Å². The predicted molar refractivity (Wildman–Crippen MR) is 104 cm³/mol. The molecule has 0 heterocycles. The third kappa shape index (κ3) is 4.79. The molecular formula is C21H26O3S. The first-order valence-corrected chi connectivity index (χ1v) is 9.41. The van der Waals surface area contributed by atoms with Crippen molar-refractivity contribution in [3.8, 4) is 5.75 Å². The van der Waals surface area contributed by atoms with E-state index in [-0.39, 0.29) is 5.30 Å². The monoisotopic (exact) mass is 358 g/mol. The summed E-state index contributed by atoms with van der Waals surface area (Å²) < 4.78 is 10.9. The van der Waals surface area contributed by atoms with Crippen molar-refractivity contribution < 1.29 is 14.3 Å². The number of hydrogen-bond acceptors (Lipinski definition) is 4. The minimum absolute atomic E-state index is 0.311. The Morgan fingerprint density at radius 1 is 1.04 bits per heavy atom. The van der Waals surface area contributed by atoms with Gasteiger partial charge >= 0.3 is 5.30 Å². The van der Waals surface area contributed by atoms with E-state index in [1.807, 2.05) is 12.1 Å². The number of thioether (sulfide) groups is 1. The van der Waals surface area contributed by atoms with E-state index in [1.54, 1.807) is 0 Å². The summed E-state index contributed by atoms with van der Waals surface area (Å²) in [4.78, 5) is 12.6. The smallest absolute Gasteiger partial charge is 0.371 e. The van der Waals surface area contributed by atoms with Gasteiger partial charge in [0.15, 0.2) is 0 Å². The van der Waals surface area contributed by atoms with Crippen LogP contribution in [0.4, 0.5) is 4.79 Å². The summed E-state index contributed by atoms with van der Waals surface area (Å²) >= 11 is 1.11. The maximum atomic E-state index is 11.7. The number of carbonyl (C=O) groups is 1. The van der Waals surface area contributed by atoms with Crippen LogP contribution in [-0.4, -0.2) is 12.4 Å². The van der Waals surface area contributed by atoms with Crippen molar-refractivity contribution in [2.24, 2.45) is 0 Å². The minimum atomic E-state index is -0.311. The lowest BCUT2D eigenvalue weighted by Crippen LogP contribution is -2.04. The first-order valence-electron chi connectivity index (χ1n) is 8.59. The van der Waals surface area contributed by atoms with E-state index in [0.717, 1.165) is 46.4 Å². The Balaban J connectivity index is 2.28. The third-order valence-corrected chi connectivity index (χ3v) is 5.29. The fourth-order valence-corrected chi connectivity index (χ4v) is 3.59. The van der Waals surface area contributed by atoms with Crippen molar-refractivity contribution in [2.75, 3.05) is 7.11 Å². The topological polar surface area (TPSA) is 35.5 Å². The summed E-state index contributed by atoms with van der Waals surface area (Å²) in [6, 6.07) is 10.3. The Kier molecular flexibility index (Phi) is 6.94. The van der Waals surface area contributed by atoms with Crippen molar-refractivity contribution in [1.82, 2.24) is 0 Å². The summed E-state index contributed by atoms with van der Waals surface area (Å²) in [6.07, 6.45) is 1.91. The van der Waals surface area contributed by atoms with Crippen LogP contribution in [0.3, 0.4) is 0 Å². The molecule has 134 valence electrons. The molecule has 0 fully saturated rings. The van der Waals surface area contributed by atoms with Gasteiger partial charge in [0, 0.05) is 10.5 Å². The molecule has 0 bridgehead atoms. The highest BCUT2D eigenvalue weighted by atomic mass is 32.2. The summed E-state index contributed by atoms with van der Waals surface area (Å²) in [6.45, 7) is 8.90. The second kappa shape index (κ2) is 8.95. The van der Waals surface area contributed by atoms with E-state index in [2.05, 4.69) is 45.9 Å². The van der Waals surface area contributed by atoms with Gasteiger partial charge in [0.25, 0.3) is 0 Å². The number of ether oxygens (including phenoxy) is 2. The first-order chi connectivity index (χ1) is 12.0. The predicted octanol–water partition coefficient (Wildman–Crippen LogP) is 5.87. The Hall–Kier alpha value is -1.94. The number of aryl methyl sites for hydroxylation is 4. The summed E-state index contributed by atoms with van der Waals surface area (Å²) in [5.74, 6) is 0.898. The number of carbonyl (C=O) groups excluding carboxylic acids is 1. The van der Waals surface area contributed by atoms with Gasteiger partial charge in [-0.3, -0.25) is 0 Å². The van der Waals surface area contributed by atoms with Crippen LogP contribution < -0.4 is 4.74 Å². The molecule has 0 saturated carbocycles. The first kappa shape index (κ1) is 19.4. The molecule has 0 aliphatic carbocycles. The second-order valence-electron chi connectivity index (χ2n) is 5.99. The summed E-state index contributed by atoms with van der Waals surface area (Å²) in [5, 5.41) is -0.311. The minimum Gasteiger partial charge on any atom is -0.489 e. The van der Waals surface area contributed by atoms with Crippen molar-refractivity contribution in [1.29, 1.82) is 0 Å². The zero-order valence-electron chi connectivity index (χ0n) is 15.6. The van der Waals surface area contributed by atoms with Gasteiger partial charge in [0.1, 0.15) is 12.4 Å². The van der Waals surface area contributed by atoms with Gasteiger partial charge in [-0.15, -0.1) is 0 Å². The Labute approximate surface area is 154 Å². The van der Waals surface area contributed by atoms with Crippen LogP contribution >= 0.6 is 11.8 Å². The van der Waals surface area contributed by atoms with Gasteiger partial charge in [-0.25, -0.2) is 4.79 Å². The molecule has 2 aromatic rings. The molecule has 0 aromatic heterocycles. The van der Waals surface area contributed by atoms with Crippen molar-refractivity contribution in [3.63, 3.8) is 0 Å². The maximum Gasteiger partial charge on any atom is 0.371 e. The standard InChI is InChI=1S/C21H26O3S/c1-6-16-9-8-10-20(25-21(22)23-5)18(16)13-24-19-12-14(3)17(7-2)11-15(19)4/h8-12H,6-7,13H2,1-5H3. The van der Waals surface area contributed by atoms with Gasteiger partial charge in [-0.2, -0.15) is 0 Å². The quantitative estimate of drug-likeness (QED) is 0.478. The fourth-order valence-electron chi connectivity index (χ4n) is 2.87. The number of hydrogen-bond donors (Lipinski definition) is 0. The molecule has 0 aliphatic heterocycles. The molecule has 0 unspecified atom stereocenters. The van der Waals surface area contributed by atoms with Gasteiger partial charge in [0.2, 0.25) is 0 Å². The summed E-state index contributed by atoms with van der Waals surface area (Å²) in [5.41, 5.74) is 5.97. The Bertz CT molecular complexity index is 753. The lowest BCUT2D eigenvalue weighted by molar-refractivity contribution is 0.200. The van der Waals surface area contributed by atoms with Crippen LogP contribution in [0.25, 0.3) is 0 Å². The van der Waals surface area contributed by atoms with Crippen molar-refractivity contribution in [2.45, 2.75) is 52.0 Å². The number of benzene rings is 2. The van der Waals surface area contributed by atoms with Crippen LogP contribution in [0.2, 0.25) is 0 Å². The molecule has 0 radical (unpaired) electrons. The number of methoxy groups -OCH3 is 1. The van der Waals surface area contributed by atoms with E-state index in [9.17, 15) is 4.79 Å². The van der Waals surface area contributed by atoms with Crippen molar-refractivity contribution in [3.05, 3.63) is 58.1 Å². The van der Waals surface area contributed by atoms with Gasteiger partial charge in [0.05, 0.1) is 7.11 Å². The summed E-state index contributed by atoms with van der Waals surface area (Å²) in [7, 11) is 1.40. The van der Waals surface area contributed by atoms with Gasteiger partial charge in [-0.05, 0) is 72.8 Å². The molecule has 0 aliphatic rings. The molecular weight excluding hydrogens is 332 g/mol. The molecule has 3 nitrogen and oxygen atoms in total. The van der Waals surface area contributed by atoms with Crippen LogP contribution in [0, 0.1) is 13.8 Å². The van der Waals surface area contributed by atoms with E-state index in [0.29, 0.717) is 6.61 Å². The highest BCUT2D eigenvalue weighted by Gasteiger charge is 2.14. The van der Waals surface area contributed by atoms with Crippen LogP contribution in [0.15, 0.2) is 35.2 Å². The highest BCUT2D eigenvalue weighted by molar-refractivity contribution is 8.13. The van der Waals surface area contributed by atoms with Crippen LogP contribution in [0.5, 0.6) is 5.75 Å². The molecule has 0 N–H and O–H groups in total. The van der Waals surface area contributed by atoms with E-state index < -0.39 is 0 Å².